The van der Waals surface area contributed by atoms with Crippen molar-refractivity contribution in [1.29, 1.82) is 0 Å². The fraction of sp³-hybridized carbons (Fsp3) is 0.583. The van der Waals surface area contributed by atoms with E-state index in [0.717, 1.165) is 18.8 Å². The van der Waals surface area contributed by atoms with E-state index in [4.69, 9.17) is 9.15 Å². The highest BCUT2D eigenvalue weighted by Gasteiger charge is 2.23. The second-order valence-corrected chi connectivity index (χ2v) is 4.11. The molecular weight excluding hydrogens is 222 g/mol. The van der Waals surface area contributed by atoms with Crippen molar-refractivity contribution in [3.63, 3.8) is 0 Å². The maximum Gasteiger partial charge on any atom is 0.373 e. The normalized spacial score (nSPS) is 23.9. The molecule has 0 spiro atoms. The van der Waals surface area contributed by atoms with Gasteiger partial charge in [-0.3, -0.25) is 0 Å². The predicted octanol–water partition coefficient (Wildman–Crippen LogP) is 1.33. The van der Waals surface area contributed by atoms with Crippen molar-refractivity contribution >= 4 is 5.97 Å². The van der Waals surface area contributed by atoms with Crippen molar-refractivity contribution in [2.75, 3.05) is 13.7 Å². The number of esters is 1. The zero-order chi connectivity index (χ0) is 12.3. The Morgan fingerprint density at radius 2 is 2.41 bits per heavy atom. The van der Waals surface area contributed by atoms with E-state index in [0.29, 0.717) is 12.6 Å². The highest BCUT2D eigenvalue weighted by Crippen LogP contribution is 2.14. The zero-order valence-corrected chi connectivity index (χ0v) is 10.1. The summed E-state index contributed by atoms with van der Waals surface area (Å²) in [4.78, 5) is 11.2. The van der Waals surface area contributed by atoms with Gasteiger partial charge in [0.1, 0.15) is 5.76 Å². The Kier molecular flexibility index (Phi) is 3.81. The molecule has 5 nitrogen and oxygen atoms in total. The van der Waals surface area contributed by atoms with Crippen molar-refractivity contribution in [3.05, 3.63) is 23.7 Å². The van der Waals surface area contributed by atoms with Crippen LogP contribution < -0.4 is 5.32 Å². The highest BCUT2D eigenvalue weighted by molar-refractivity contribution is 5.86. The van der Waals surface area contributed by atoms with Crippen LogP contribution in [0, 0.1) is 0 Å². The maximum atomic E-state index is 11.2. The van der Waals surface area contributed by atoms with Gasteiger partial charge >= 0.3 is 5.97 Å². The molecule has 0 aromatic carbocycles. The zero-order valence-electron chi connectivity index (χ0n) is 10.1. The topological polar surface area (TPSA) is 60.7 Å². The maximum absolute atomic E-state index is 11.2. The van der Waals surface area contributed by atoms with Crippen LogP contribution in [-0.4, -0.2) is 31.8 Å². The molecule has 1 aromatic rings. The van der Waals surface area contributed by atoms with Crippen LogP contribution in [0.5, 0.6) is 0 Å². The van der Waals surface area contributed by atoms with E-state index in [1.54, 1.807) is 12.1 Å². The number of methoxy groups -OCH3 is 1. The van der Waals surface area contributed by atoms with E-state index in [1.165, 1.54) is 7.11 Å². The van der Waals surface area contributed by atoms with Crippen LogP contribution in [0.2, 0.25) is 0 Å². The summed E-state index contributed by atoms with van der Waals surface area (Å²) >= 11 is 0. The average Bonchev–Trinajstić information content (AvgIpc) is 2.94. The van der Waals surface area contributed by atoms with Gasteiger partial charge in [0.2, 0.25) is 5.76 Å². The molecule has 94 valence electrons. The number of carbonyl (C=O) groups excluding carboxylic acids is 1. The molecule has 0 amide bonds. The first-order chi connectivity index (χ1) is 8.20. The summed E-state index contributed by atoms with van der Waals surface area (Å²) in [6, 6.07) is 3.75. The summed E-state index contributed by atoms with van der Waals surface area (Å²) in [5.41, 5.74) is 0. The number of carbonyl (C=O) groups is 1. The quantitative estimate of drug-likeness (QED) is 0.803. The minimum absolute atomic E-state index is 0.227. The smallest absolute Gasteiger partial charge is 0.373 e. The second kappa shape index (κ2) is 5.33. The molecule has 2 atom stereocenters. The average molecular weight is 239 g/mol. The first-order valence-electron chi connectivity index (χ1n) is 5.72. The largest absolute Gasteiger partial charge is 0.463 e. The lowest BCUT2D eigenvalue weighted by atomic mass is 10.1. The molecule has 2 unspecified atom stereocenters. The summed E-state index contributed by atoms with van der Waals surface area (Å²) in [5, 5.41) is 3.35. The Bertz CT molecular complexity index is 388. The van der Waals surface area contributed by atoms with Gasteiger partial charge in [-0.25, -0.2) is 4.79 Å². The Hall–Kier alpha value is -1.33. The Morgan fingerprint density at radius 1 is 1.59 bits per heavy atom. The summed E-state index contributed by atoms with van der Waals surface area (Å²) in [7, 11) is 1.33. The molecule has 1 aliphatic heterocycles. The van der Waals surface area contributed by atoms with Gasteiger partial charge in [-0.2, -0.15) is 0 Å². The molecule has 5 heteroatoms. The minimum Gasteiger partial charge on any atom is -0.463 e. The lowest BCUT2D eigenvalue weighted by molar-refractivity contribution is 0.0562. The number of hydrogen-bond donors (Lipinski definition) is 1. The predicted molar refractivity (Wildman–Crippen MR) is 60.7 cm³/mol. The molecule has 0 aliphatic carbocycles. The second-order valence-electron chi connectivity index (χ2n) is 4.11. The lowest BCUT2D eigenvalue weighted by Crippen LogP contribution is -2.33. The van der Waals surface area contributed by atoms with E-state index >= 15 is 0 Å². The van der Waals surface area contributed by atoms with Crippen LogP contribution in [0.4, 0.5) is 0 Å². The summed E-state index contributed by atoms with van der Waals surface area (Å²) in [6.07, 6.45) is 1.23. The third kappa shape index (κ3) is 2.87. The third-order valence-corrected chi connectivity index (χ3v) is 2.96. The van der Waals surface area contributed by atoms with Crippen LogP contribution in [0.1, 0.15) is 29.7 Å². The molecule has 0 saturated carbocycles. The number of ether oxygens (including phenoxy) is 2. The van der Waals surface area contributed by atoms with Crippen molar-refractivity contribution < 1.29 is 18.7 Å². The van der Waals surface area contributed by atoms with Gasteiger partial charge < -0.3 is 19.2 Å². The highest BCUT2D eigenvalue weighted by atomic mass is 16.5. The molecule has 1 N–H and O–H groups in total. The SMILES string of the molecule is COC(=O)c1ccc(CNC2CCOC2C)o1. The fourth-order valence-electron chi connectivity index (χ4n) is 1.91. The lowest BCUT2D eigenvalue weighted by Gasteiger charge is -2.14. The summed E-state index contributed by atoms with van der Waals surface area (Å²) < 4.78 is 15.4. The molecule has 0 bridgehead atoms. The van der Waals surface area contributed by atoms with Gasteiger partial charge in [-0.05, 0) is 25.5 Å². The fourth-order valence-corrected chi connectivity index (χ4v) is 1.91. The van der Waals surface area contributed by atoms with Gasteiger partial charge in [-0.15, -0.1) is 0 Å². The van der Waals surface area contributed by atoms with Crippen molar-refractivity contribution in [2.45, 2.75) is 32.0 Å². The van der Waals surface area contributed by atoms with Crippen molar-refractivity contribution in [1.82, 2.24) is 5.32 Å². The monoisotopic (exact) mass is 239 g/mol. The molecule has 1 saturated heterocycles. The number of rotatable bonds is 4. The van der Waals surface area contributed by atoms with E-state index in [9.17, 15) is 4.79 Å². The number of furan rings is 1. The Labute approximate surface area is 100 Å². The molecule has 17 heavy (non-hydrogen) atoms. The standard InChI is InChI=1S/C12H17NO4/c1-8-10(5-6-16-8)13-7-9-3-4-11(17-9)12(14)15-2/h3-4,8,10,13H,5-7H2,1-2H3. The van der Waals surface area contributed by atoms with Crippen molar-refractivity contribution in [3.8, 4) is 0 Å². The first kappa shape index (κ1) is 12.1. The van der Waals surface area contributed by atoms with Gasteiger partial charge in [0, 0.05) is 12.6 Å². The van der Waals surface area contributed by atoms with Crippen LogP contribution in [0.25, 0.3) is 0 Å². The molecule has 1 fully saturated rings. The molecule has 2 rings (SSSR count). The summed E-state index contributed by atoms with van der Waals surface area (Å²) in [5.74, 6) is 0.512. The summed E-state index contributed by atoms with van der Waals surface area (Å²) in [6.45, 7) is 3.44. The van der Waals surface area contributed by atoms with Crippen LogP contribution in [-0.2, 0) is 16.0 Å². The van der Waals surface area contributed by atoms with Crippen LogP contribution in [0.15, 0.2) is 16.5 Å². The number of nitrogens with one attached hydrogen (secondary N) is 1. The third-order valence-electron chi connectivity index (χ3n) is 2.96. The van der Waals surface area contributed by atoms with Gasteiger partial charge in [0.15, 0.2) is 0 Å². The minimum atomic E-state index is -0.450. The Morgan fingerprint density at radius 3 is 3.06 bits per heavy atom. The Balaban J connectivity index is 1.86. The van der Waals surface area contributed by atoms with E-state index < -0.39 is 5.97 Å². The van der Waals surface area contributed by atoms with Gasteiger partial charge in [0.05, 0.1) is 19.8 Å². The van der Waals surface area contributed by atoms with E-state index in [1.807, 2.05) is 6.92 Å². The number of hydrogen-bond acceptors (Lipinski definition) is 5. The molecule has 0 radical (unpaired) electrons. The molecule has 1 aliphatic rings. The van der Waals surface area contributed by atoms with E-state index in [2.05, 4.69) is 10.1 Å². The van der Waals surface area contributed by atoms with Crippen LogP contribution >= 0.6 is 0 Å². The van der Waals surface area contributed by atoms with Crippen LogP contribution in [0.3, 0.4) is 0 Å². The molecule has 2 heterocycles. The molecular formula is C12H17NO4. The molecule has 1 aromatic heterocycles. The van der Waals surface area contributed by atoms with Gasteiger partial charge in [-0.1, -0.05) is 0 Å². The van der Waals surface area contributed by atoms with E-state index in [-0.39, 0.29) is 11.9 Å². The van der Waals surface area contributed by atoms with Gasteiger partial charge in [0.25, 0.3) is 0 Å². The first-order valence-corrected chi connectivity index (χ1v) is 5.72. The van der Waals surface area contributed by atoms with Crippen molar-refractivity contribution in [2.24, 2.45) is 0 Å².